The second-order valence-corrected chi connectivity index (χ2v) is 5.06. The predicted octanol–water partition coefficient (Wildman–Crippen LogP) is -0.0110. The van der Waals surface area contributed by atoms with Crippen LogP contribution in [0, 0.1) is 11.5 Å². The zero-order valence-electron chi connectivity index (χ0n) is 14.0. The molecule has 10 nitrogen and oxygen atoms in total. The number of nitriles is 1. The zero-order valence-corrected chi connectivity index (χ0v) is 14.0. The molecule has 1 aromatic rings. The van der Waals surface area contributed by atoms with Gasteiger partial charge in [0.1, 0.15) is 6.04 Å². The third kappa shape index (κ3) is 3.99. The van der Waals surface area contributed by atoms with E-state index in [4.69, 9.17) is 9.47 Å². The Morgan fingerprint density at radius 3 is 2.75 bits per heavy atom. The van der Waals surface area contributed by atoms with Crippen LogP contribution in [0.1, 0.15) is 13.8 Å². The molecule has 0 radical (unpaired) electrons. The molecule has 0 aromatic carbocycles. The van der Waals surface area contributed by atoms with Gasteiger partial charge in [0, 0.05) is 19.6 Å². The number of hydrogen-bond acceptors (Lipinski definition) is 10. The molecule has 0 spiro atoms. The monoisotopic (exact) mass is 335 g/mol. The lowest BCUT2D eigenvalue weighted by Crippen LogP contribution is -2.40. The smallest absolute Gasteiger partial charge is 0.329 e. The summed E-state index contributed by atoms with van der Waals surface area (Å²) in [5.41, 5.74) is 0. The SMILES string of the molecule is CCNc1nc(N2CCOCC2)nc(N(C#N)[C@@H](C)C(=O)OC)n1. The zero-order chi connectivity index (χ0) is 17.5. The molecule has 0 bridgehead atoms. The summed E-state index contributed by atoms with van der Waals surface area (Å²) < 4.78 is 10.0. The Labute approximate surface area is 140 Å². The van der Waals surface area contributed by atoms with E-state index < -0.39 is 12.0 Å². The number of carbonyl (C=O) groups is 1. The number of esters is 1. The molecule has 2 rings (SSSR count). The van der Waals surface area contributed by atoms with Crippen LogP contribution in [0.4, 0.5) is 17.8 Å². The first-order chi connectivity index (χ1) is 11.6. The molecule has 1 N–H and O–H groups in total. The number of ether oxygens (including phenoxy) is 2. The van der Waals surface area contributed by atoms with Crippen molar-refractivity contribution in [3.63, 3.8) is 0 Å². The average molecular weight is 335 g/mol. The molecule has 10 heteroatoms. The summed E-state index contributed by atoms with van der Waals surface area (Å²) in [5.74, 6) is 0.343. The topological polar surface area (TPSA) is 116 Å². The molecule has 1 aliphatic heterocycles. The van der Waals surface area contributed by atoms with Crippen LogP contribution in [-0.2, 0) is 14.3 Å². The number of nitrogens with zero attached hydrogens (tertiary/aromatic N) is 6. The molecule has 0 aliphatic carbocycles. The predicted molar refractivity (Wildman–Crippen MR) is 86.6 cm³/mol. The highest BCUT2D eigenvalue weighted by Gasteiger charge is 2.27. The highest BCUT2D eigenvalue weighted by molar-refractivity contribution is 5.79. The average Bonchev–Trinajstić information content (AvgIpc) is 2.62. The summed E-state index contributed by atoms with van der Waals surface area (Å²) in [6, 6.07) is -0.839. The molecule has 0 amide bonds. The Morgan fingerprint density at radius 2 is 2.17 bits per heavy atom. The van der Waals surface area contributed by atoms with Gasteiger partial charge in [0.25, 0.3) is 0 Å². The van der Waals surface area contributed by atoms with Crippen molar-refractivity contribution in [2.45, 2.75) is 19.9 Å². The summed E-state index contributed by atoms with van der Waals surface area (Å²) in [4.78, 5) is 27.8. The fourth-order valence-corrected chi connectivity index (χ4v) is 2.18. The normalized spacial score (nSPS) is 15.3. The van der Waals surface area contributed by atoms with Crippen molar-refractivity contribution in [3.8, 4) is 6.19 Å². The quantitative estimate of drug-likeness (QED) is 0.432. The lowest BCUT2D eigenvalue weighted by atomic mass is 10.3. The van der Waals surface area contributed by atoms with Crippen molar-refractivity contribution in [3.05, 3.63) is 0 Å². The standard InChI is InChI=1S/C14H21N7O3/c1-4-16-12-17-13(20-5-7-24-8-6-20)19-14(18-12)21(9-15)10(2)11(22)23-3/h10H,4-8H2,1-3H3,(H,16,17,18,19)/t10-/m0/s1. The second kappa shape index (κ2) is 8.26. The molecule has 1 atom stereocenters. The van der Waals surface area contributed by atoms with Crippen molar-refractivity contribution in [2.75, 3.05) is 55.1 Å². The lowest BCUT2D eigenvalue weighted by molar-refractivity contribution is -0.141. The highest BCUT2D eigenvalue weighted by Crippen LogP contribution is 2.19. The molecule has 1 aliphatic rings. The number of anilines is 3. The summed E-state index contributed by atoms with van der Waals surface area (Å²) in [5, 5.41) is 12.4. The maximum absolute atomic E-state index is 11.8. The van der Waals surface area contributed by atoms with Gasteiger partial charge in [-0.2, -0.15) is 20.2 Å². The Morgan fingerprint density at radius 1 is 1.46 bits per heavy atom. The number of hydrogen-bond donors (Lipinski definition) is 1. The molecule has 1 aromatic heterocycles. The minimum Gasteiger partial charge on any atom is -0.467 e. The fourth-order valence-electron chi connectivity index (χ4n) is 2.18. The second-order valence-electron chi connectivity index (χ2n) is 5.06. The van der Waals surface area contributed by atoms with Crippen LogP contribution in [-0.4, -0.2) is 66.9 Å². The third-order valence-corrected chi connectivity index (χ3v) is 3.49. The van der Waals surface area contributed by atoms with Gasteiger partial charge in [-0.05, 0) is 13.8 Å². The van der Waals surface area contributed by atoms with Crippen LogP contribution >= 0.6 is 0 Å². The van der Waals surface area contributed by atoms with E-state index in [9.17, 15) is 10.1 Å². The summed E-state index contributed by atoms with van der Waals surface area (Å²) >= 11 is 0. The van der Waals surface area contributed by atoms with Gasteiger partial charge >= 0.3 is 5.97 Å². The van der Waals surface area contributed by atoms with E-state index in [-0.39, 0.29) is 5.95 Å². The van der Waals surface area contributed by atoms with Gasteiger partial charge in [-0.1, -0.05) is 0 Å². The number of carbonyl (C=O) groups excluding carboxylic acids is 1. The highest BCUT2D eigenvalue weighted by atomic mass is 16.5. The first-order valence-electron chi connectivity index (χ1n) is 7.70. The molecule has 0 unspecified atom stereocenters. The fraction of sp³-hybridized carbons (Fsp3) is 0.643. The summed E-state index contributed by atoms with van der Waals surface area (Å²) in [6.07, 6.45) is 1.94. The molecular weight excluding hydrogens is 314 g/mol. The van der Waals surface area contributed by atoms with Crippen molar-refractivity contribution in [2.24, 2.45) is 0 Å². The van der Waals surface area contributed by atoms with Gasteiger partial charge < -0.3 is 19.7 Å². The number of morpholine rings is 1. The molecule has 24 heavy (non-hydrogen) atoms. The Kier molecular flexibility index (Phi) is 6.08. The van der Waals surface area contributed by atoms with Crippen molar-refractivity contribution < 1.29 is 14.3 Å². The Bertz CT molecular complexity index is 613. The molecule has 2 heterocycles. The van der Waals surface area contributed by atoms with Gasteiger partial charge in [0.2, 0.25) is 17.8 Å². The molecule has 1 fully saturated rings. The van der Waals surface area contributed by atoms with Crippen molar-refractivity contribution in [1.82, 2.24) is 15.0 Å². The molecule has 130 valence electrons. The minimum atomic E-state index is -0.839. The van der Waals surface area contributed by atoms with Crippen LogP contribution in [0.3, 0.4) is 0 Å². The summed E-state index contributed by atoms with van der Waals surface area (Å²) in [6.45, 7) is 6.54. The minimum absolute atomic E-state index is 0.0999. The van der Waals surface area contributed by atoms with E-state index >= 15 is 0 Å². The lowest BCUT2D eigenvalue weighted by Gasteiger charge is -2.28. The van der Waals surface area contributed by atoms with Gasteiger partial charge in [-0.3, -0.25) is 0 Å². The third-order valence-electron chi connectivity index (χ3n) is 3.49. The number of nitrogens with one attached hydrogen (secondary N) is 1. The maximum atomic E-state index is 11.8. The van der Waals surface area contributed by atoms with E-state index in [0.717, 1.165) is 4.90 Å². The van der Waals surface area contributed by atoms with Gasteiger partial charge in [0.05, 0.1) is 20.3 Å². The van der Waals surface area contributed by atoms with Crippen LogP contribution < -0.4 is 15.1 Å². The maximum Gasteiger partial charge on any atom is 0.329 e. The van der Waals surface area contributed by atoms with E-state index in [2.05, 4.69) is 20.3 Å². The van der Waals surface area contributed by atoms with E-state index in [1.54, 1.807) is 6.92 Å². The van der Waals surface area contributed by atoms with Crippen LogP contribution in [0.2, 0.25) is 0 Å². The number of methoxy groups -OCH3 is 1. The number of aromatic nitrogens is 3. The van der Waals surface area contributed by atoms with Crippen LogP contribution in [0.15, 0.2) is 0 Å². The van der Waals surface area contributed by atoms with Crippen LogP contribution in [0.5, 0.6) is 0 Å². The van der Waals surface area contributed by atoms with Crippen molar-refractivity contribution >= 4 is 23.8 Å². The van der Waals surface area contributed by atoms with E-state index in [0.29, 0.717) is 44.7 Å². The van der Waals surface area contributed by atoms with Crippen molar-refractivity contribution in [1.29, 1.82) is 5.26 Å². The largest absolute Gasteiger partial charge is 0.467 e. The van der Waals surface area contributed by atoms with Gasteiger partial charge in [-0.15, -0.1) is 0 Å². The molecular formula is C14H21N7O3. The van der Waals surface area contributed by atoms with Gasteiger partial charge in [-0.25, -0.2) is 9.69 Å². The Hall–Kier alpha value is -2.67. The first-order valence-corrected chi connectivity index (χ1v) is 7.70. The van der Waals surface area contributed by atoms with Gasteiger partial charge in [0.15, 0.2) is 6.19 Å². The first kappa shape index (κ1) is 17.7. The van der Waals surface area contributed by atoms with E-state index in [1.807, 2.05) is 18.0 Å². The summed E-state index contributed by atoms with van der Waals surface area (Å²) in [7, 11) is 1.27. The number of rotatable bonds is 6. The molecule has 0 saturated carbocycles. The van der Waals surface area contributed by atoms with E-state index in [1.165, 1.54) is 7.11 Å². The van der Waals surface area contributed by atoms with Crippen LogP contribution in [0.25, 0.3) is 0 Å². The Balaban J connectivity index is 2.37. The molecule has 1 saturated heterocycles.